The number of anilines is 4. The molecule has 0 bridgehead atoms. The van der Waals surface area contributed by atoms with E-state index < -0.39 is 4.92 Å². The van der Waals surface area contributed by atoms with Gasteiger partial charge in [0.25, 0.3) is 5.69 Å². The summed E-state index contributed by atoms with van der Waals surface area (Å²) < 4.78 is 23.6. The molecule has 3 aromatic rings. The highest BCUT2D eigenvalue weighted by atomic mass is 19.1. The zero-order valence-corrected chi connectivity index (χ0v) is 16.9. The van der Waals surface area contributed by atoms with Crippen LogP contribution in [0.5, 0.6) is 11.5 Å². The maximum Gasteiger partial charge on any atom is 0.282 e. The van der Waals surface area contributed by atoms with Gasteiger partial charge in [0.1, 0.15) is 5.82 Å². The molecule has 13 heteroatoms. The summed E-state index contributed by atoms with van der Waals surface area (Å²) >= 11 is 0. The zero-order valence-electron chi connectivity index (χ0n) is 16.9. The molecule has 2 heterocycles. The third-order valence-electron chi connectivity index (χ3n) is 4.21. The molecule has 0 radical (unpaired) electrons. The Balaban J connectivity index is 1.57. The van der Waals surface area contributed by atoms with E-state index in [1.54, 1.807) is 31.1 Å². The average molecular weight is 440 g/mol. The molecule has 32 heavy (non-hydrogen) atoms. The van der Waals surface area contributed by atoms with E-state index in [1.165, 1.54) is 30.5 Å². The normalized spacial score (nSPS) is 12.1. The molecule has 0 amide bonds. The van der Waals surface area contributed by atoms with Gasteiger partial charge in [0.05, 0.1) is 22.8 Å². The van der Waals surface area contributed by atoms with Gasteiger partial charge in [0, 0.05) is 19.8 Å². The fraction of sp³-hybridized carbons (Fsp3) is 0.158. The van der Waals surface area contributed by atoms with Crippen molar-refractivity contribution in [3.05, 3.63) is 57.9 Å². The third-order valence-corrected chi connectivity index (χ3v) is 4.21. The highest BCUT2D eigenvalue weighted by Crippen LogP contribution is 2.37. The molecule has 4 rings (SSSR count). The Morgan fingerprint density at radius 2 is 1.81 bits per heavy atom. The van der Waals surface area contributed by atoms with Crippen molar-refractivity contribution in [3.8, 4) is 11.5 Å². The van der Waals surface area contributed by atoms with Crippen LogP contribution >= 0.6 is 0 Å². The van der Waals surface area contributed by atoms with Crippen LogP contribution in [0.25, 0.3) is 0 Å². The second kappa shape index (κ2) is 8.67. The summed E-state index contributed by atoms with van der Waals surface area (Å²) in [6, 6.07) is 8.43. The van der Waals surface area contributed by atoms with E-state index in [0.717, 1.165) is 0 Å². The van der Waals surface area contributed by atoms with Gasteiger partial charge in [-0.3, -0.25) is 10.1 Å². The van der Waals surface area contributed by atoms with E-state index in [-0.39, 0.29) is 35.8 Å². The summed E-state index contributed by atoms with van der Waals surface area (Å²) in [7, 11) is 3.50. The maximum absolute atomic E-state index is 13.1. The number of nitro benzene ring substituents is 1. The Labute approximate surface area is 180 Å². The highest BCUT2D eigenvalue weighted by molar-refractivity contribution is 5.87. The number of fused-ring (bicyclic) bond motifs is 1. The molecule has 12 nitrogen and oxygen atoms in total. The molecule has 1 aliphatic rings. The zero-order chi connectivity index (χ0) is 22.7. The van der Waals surface area contributed by atoms with Crippen molar-refractivity contribution in [2.45, 2.75) is 0 Å². The lowest BCUT2D eigenvalue weighted by molar-refractivity contribution is -0.385. The Morgan fingerprint density at radius 1 is 1.12 bits per heavy atom. The largest absolute Gasteiger partial charge is 0.454 e. The second-order valence-electron chi connectivity index (χ2n) is 6.70. The van der Waals surface area contributed by atoms with E-state index in [2.05, 4.69) is 30.8 Å². The quantitative estimate of drug-likeness (QED) is 0.320. The number of halogens is 1. The lowest BCUT2D eigenvalue weighted by Gasteiger charge is -2.13. The molecule has 0 atom stereocenters. The SMILES string of the molecule is CN(C)c1nc(N/N=C\c2cc3c(cc2[N+](=O)[O-])OCO3)nc(Nc2ccc(F)cc2)n1. The highest BCUT2D eigenvalue weighted by Gasteiger charge is 2.22. The van der Waals surface area contributed by atoms with Crippen molar-refractivity contribution >= 4 is 35.4 Å². The second-order valence-corrected chi connectivity index (χ2v) is 6.70. The molecular formula is C19H17FN8O4. The molecule has 0 saturated heterocycles. The van der Waals surface area contributed by atoms with Gasteiger partial charge >= 0.3 is 0 Å². The summed E-state index contributed by atoms with van der Waals surface area (Å²) in [5, 5.41) is 18.3. The van der Waals surface area contributed by atoms with Gasteiger partial charge in [-0.1, -0.05) is 0 Å². The van der Waals surface area contributed by atoms with E-state index in [4.69, 9.17) is 9.47 Å². The Morgan fingerprint density at radius 3 is 2.50 bits per heavy atom. The van der Waals surface area contributed by atoms with Crippen LogP contribution in [0.4, 0.5) is 33.6 Å². The Kier molecular flexibility index (Phi) is 5.61. The minimum absolute atomic E-state index is 0.00661. The summed E-state index contributed by atoms with van der Waals surface area (Å²) in [4.78, 5) is 25.2. The molecular weight excluding hydrogens is 423 g/mol. The van der Waals surface area contributed by atoms with Crippen molar-refractivity contribution in [3.63, 3.8) is 0 Å². The van der Waals surface area contributed by atoms with Crippen LogP contribution in [0.1, 0.15) is 5.56 Å². The van der Waals surface area contributed by atoms with Crippen molar-refractivity contribution < 1.29 is 18.8 Å². The van der Waals surface area contributed by atoms with Gasteiger partial charge in [-0.2, -0.15) is 20.1 Å². The van der Waals surface area contributed by atoms with Crippen LogP contribution in [0.2, 0.25) is 0 Å². The molecule has 0 fully saturated rings. The minimum atomic E-state index is -0.541. The Hall–Kier alpha value is -4.55. The first kappa shape index (κ1) is 20.7. The van der Waals surface area contributed by atoms with Crippen molar-refractivity contribution in [2.75, 3.05) is 36.5 Å². The third kappa shape index (κ3) is 4.61. The first-order valence-electron chi connectivity index (χ1n) is 9.22. The van der Waals surface area contributed by atoms with E-state index in [0.29, 0.717) is 23.1 Å². The van der Waals surface area contributed by atoms with E-state index in [1.807, 2.05) is 0 Å². The van der Waals surface area contributed by atoms with Crippen LogP contribution in [-0.4, -0.2) is 47.0 Å². The summed E-state index contributed by atoms with van der Waals surface area (Å²) in [6.07, 6.45) is 1.26. The molecule has 2 N–H and O–H groups in total. The molecule has 164 valence electrons. The average Bonchev–Trinajstić information content (AvgIpc) is 3.22. The molecule has 0 unspecified atom stereocenters. The van der Waals surface area contributed by atoms with E-state index in [9.17, 15) is 14.5 Å². The van der Waals surface area contributed by atoms with Gasteiger partial charge < -0.3 is 19.7 Å². The number of hydrogen-bond acceptors (Lipinski definition) is 11. The smallest absolute Gasteiger partial charge is 0.282 e. The summed E-state index contributed by atoms with van der Waals surface area (Å²) in [5.41, 5.74) is 3.24. The topological polar surface area (TPSA) is 140 Å². The van der Waals surface area contributed by atoms with Crippen LogP contribution < -0.4 is 25.1 Å². The number of nitro groups is 1. The van der Waals surface area contributed by atoms with Gasteiger partial charge in [0.2, 0.25) is 24.6 Å². The van der Waals surface area contributed by atoms with Gasteiger partial charge in [0.15, 0.2) is 11.5 Å². The van der Waals surface area contributed by atoms with Gasteiger partial charge in [-0.05, 0) is 30.3 Å². The van der Waals surface area contributed by atoms with E-state index >= 15 is 0 Å². The Bertz CT molecular complexity index is 1190. The van der Waals surface area contributed by atoms with Crippen LogP contribution in [0, 0.1) is 15.9 Å². The van der Waals surface area contributed by atoms with Crippen molar-refractivity contribution in [1.82, 2.24) is 15.0 Å². The number of rotatable bonds is 7. The summed E-state index contributed by atoms with van der Waals surface area (Å²) in [5.74, 6) is 0.935. The minimum Gasteiger partial charge on any atom is -0.454 e. The molecule has 1 aliphatic heterocycles. The first-order valence-corrected chi connectivity index (χ1v) is 9.22. The maximum atomic E-state index is 13.1. The predicted molar refractivity (Wildman–Crippen MR) is 114 cm³/mol. The van der Waals surface area contributed by atoms with Gasteiger partial charge in [-0.15, -0.1) is 0 Å². The van der Waals surface area contributed by atoms with Crippen molar-refractivity contribution in [1.29, 1.82) is 0 Å². The van der Waals surface area contributed by atoms with Crippen LogP contribution in [0.3, 0.4) is 0 Å². The number of ether oxygens (including phenoxy) is 2. The van der Waals surface area contributed by atoms with Crippen LogP contribution in [0.15, 0.2) is 41.5 Å². The number of nitrogens with one attached hydrogen (secondary N) is 2. The fourth-order valence-corrected chi connectivity index (χ4v) is 2.70. The number of hydrazone groups is 1. The van der Waals surface area contributed by atoms with Gasteiger partial charge in [-0.25, -0.2) is 9.82 Å². The molecule has 1 aromatic heterocycles. The first-order chi connectivity index (χ1) is 15.4. The van der Waals surface area contributed by atoms with Crippen LogP contribution in [-0.2, 0) is 0 Å². The molecule has 0 saturated carbocycles. The number of benzene rings is 2. The predicted octanol–water partition coefficient (Wildman–Crippen LogP) is 2.90. The number of aromatic nitrogens is 3. The van der Waals surface area contributed by atoms with Crippen molar-refractivity contribution in [2.24, 2.45) is 5.10 Å². The summed E-state index contributed by atoms with van der Waals surface area (Å²) in [6.45, 7) is -0.00661. The monoisotopic (exact) mass is 440 g/mol. The molecule has 0 spiro atoms. The standard InChI is InChI=1S/C19H17FN8O4/c1-27(2)19-24-17(22-13-5-3-12(20)4-6-13)23-18(25-19)26-21-9-11-7-15-16(32-10-31-15)8-14(11)28(29)30/h3-9H,10H2,1-2H3,(H2,22,23,24,25,26)/b21-9-. The fourth-order valence-electron chi connectivity index (χ4n) is 2.70. The lowest BCUT2D eigenvalue weighted by Crippen LogP contribution is -2.15. The molecule has 2 aromatic carbocycles. The number of nitrogens with zero attached hydrogens (tertiary/aromatic N) is 6. The molecule has 0 aliphatic carbocycles. The lowest BCUT2D eigenvalue weighted by atomic mass is 10.1. The number of hydrogen-bond donors (Lipinski definition) is 2.